The molecule has 119 heavy (non-hydrogen) atoms. The molecule has 3 unspecified atom stereocenters. The van der Waals surface area contributed by atoms with E-state index in [0.29, 0.717) is 43.1 Å². The van der Waals surface area contributed by atoms with Gasteiger partial charge < -0.3 is 125 Å². The maximum atomic E-state index is 14.3. The van der Waals surface area contributed by atoms with Crippen LogP contribution in [0.25, 0.3) is 12.2 Å². The highest BCUT2D eigenvalue weighted by atomic mass is 19.1. The molecule has 0 spiro atoms. The zero-order chi connectivity index (χ0) is 88.1. The zero-order valence-corrected chi connectivity index (χ0v) is 67.2. The first-order valence-electron chi connectivity index (χ1n) is 38.3. The summed E-state index contributed by atoms with van der Waals surface area (Å²) in [6, 6.07) is 10.8. The number of rotatable bonds is 7. The van der Waals surface area contributed by atoms with Gasteiger partial charge in [0.25, 0.3) is 0 Å². The van der Waals surface area contributed by atoms with Crippen LogP contribution in [0.3, 0.4) is 0 Å². The Morgan fingerprint density at radius 1 is 0.546 bits per heavy atom. The second-order valence-corrected chi connectivity index (χ2v) is 29.6. The summed E-state index contributed by atoms with van der Waals surface area (Å²) in [6.07, 6.45) is -2.36. The number of carbonyl (C=O) groups is 9. The number of nitrogens with zero attached hydrogens (tertiary/aromatic N) is 2. The molecule has 16 N–H and O–H groups in total. The van der Waals surface area contributed by atoms with Crippen molar-refractivity contribution in [2.45, 2.75) is 172 Å². The number of hydrogen-bond acceptors (Lipinski definition) is 33. The van der Waals surface area contributed by atoms with Crippen LogP contribution in [0.5, 0.6) is 34.5 Å². The monoisotopic (exact) mass is 1670 g/mol. The van der Waals surface area contributed by atoms with E-state index < -0.39 is 175 Å². The van der Waals surface area contributed by atoms with Crippen LogP contribution in [0.1, 0.15) is 145 Å². The fraction of sp³-hybridized carbons (Fsp3) is 0.464. The van der Waals surface area contributed by atoms with Crippen molar-refractivity contribution in [2.24, 2.45) is 17.8 Å². The van der Waals surface area contributed by atoms with Gasteiger partial charge in [-0.15, -0.1) is 0 Å². The lowest BCUT2D eigenvalue weighted by atomic mass is 9.95. The maximum absolute atomic E-state index is 14.3. The summed E-state index contributed by atoms with van der Waals surface area (Å²) in [5.41, 5.74) is 2.04. The zero-order valence-electron chi connectivity index (χ0n) is 67.2. The number of carbonyl (C=O) groups excluding carboxylic acids is 9. The first-order valence-corrected chi connectivity index (χ1v) is 38.3. The molecule has 1 amide bonds. The number of ether oxygens (including phenoxy) is 7. The van der Waals surface area contributed by atoms with E-state index in [2.05, 4.69) is 10.6 Å². The molecule has 34 nitrogen and oxygen atoms in total. The molecular weight excluding hydrogens is 1560 g/mol. The smallest absolute Gasteiger partial charge is 0.344 e. The molecule has 10 rings (SSSR count). The molecule has 6 aliphatic rings. The largest absolute Gasteiger partial charge is 0.507 e. The first kappa shape index (κ1) is 95.3. The highest BCUT2D eigenvalue weighted by Crippen LogP contribution is 2.42. The summed E-state index contributed by atoms with van der Waals surface area (Å²) in [4.78, 5) is 115. The summed E-state index contributed by atoms with van der Waals surface area (Å²) in [5, 5.41) is 146. The van der Waals surface area contributed by atoms with Crippen LogP contribution in [0.2, 0.25) is 0 Å². The molecule has 2 fully saturated rings. The number of anilines is 3. The lowest BCUT2D eigenvalue weighted by molar-refractivity contribution is -0.131. The van der Waals surface area contributed by atoms with Crippen LogP contribution < -0.4 is 29.9 Å². The number of ketones is 4. The van der Waals surface area contributed by atoms with Crippen molar-refractivity contribution in [2.75, 3.05) is 75.8 Å². The van der Waals surface area contributed by atoms with E-state index in [9.17, 15) is 114 Å². The molecule has 0 aliphatic carbocycles. The molecule has 0 bridgehead atoms. The molecule has 2 saturated heterocycles. The standard InChI is InChI=1S/C23H29NO7.C22H28O9.C21H27FN2O6.C18H21NO8/c1-14-6-7-19(26)22(28)18(25)5-3-4-16-12-17(24-8-10-30-11-9-24)13-20(27)21(16)23(29)31-15(14)2;1-12-6-7-18(26)21(28)17(25)5-3-4-14-8-16(30-11-15(24)10-23)9-19(27)20(14)22(29)31-13(12)2;1-9-5-13(22)19(27)20(28)16(26)8-14-18(23-14)12-6-11(24(3)4)7-15(25)17(12)21(29)30-10(9)2;1-9-4-3-5-12(20)17(24)14(22)8-15(23)19-11-6-10(26-2)7-13(21)16(11)18(25)27-9/h3-4,6-7,12-15,18,22,25,27-28H,5,8-11H2,1-2H3;3-4,6-9,12-13,15,17,21,23-25,27-28H,5,10-11H2,1-2H3;5-7,9-10,14,16,18,20,23,25-26,28H,8H2,1-4H3;3,5-7,9,14,17,21-22,24H,4,8H2,1-2H3,(H,19,23)/b2*4-3+,7-6-;13-5+;5-3-/t14-,15+,18+,22+;12-,13-,15+,17-,21-;9-,10+,14?,16?,18?,20+;9-,14-,17+/m1010/s1. The van der Waals surface area contributed by atoms with E-state index in [0.717, 1.165) is 23.9 Å². The van der Waals surface area contributed by atoms with E-state index in [-0.39, 0.29) is 107 Å². The average molecular weight is 1670 g/mol. The Hall–Kier alpha value is -10.8. The number of cyclic esters (lactones) is 4. The summed E-state index contributed by atoms with van der Waals surface area (Å²) in [5.74, 6) is -10.8. The Bertz CT molecular complexity index is 4490. The van der Waals surface area contributed by atoms with Crippen molar-refractivity contribution in [3.8, 4) is 34.5 Å². The van der Waals surface area contributed by atoms with Gasteiger partial charge in [-0.1, -0.05) is 63.3 Å². The van der Waals surface area contributed by atoms with Crippen molar-refractivity contribution < 1.29 is 152 Å². The van der Waals surface area contributed by atoms with E-state index in [1.807, 2.05) is 4.90 Å². The molecule has 6 heterocycles. The molecule has 0 radical (unpaired) electrons. The van der Waals surface area contributed by atoms with Crippen LogP contribution in [0, 0.1) is 17.8 Å². The molecule has 0 saturated carbocycles. The molecular formula is C84H105FN4O30. The molecule has 35 heteroatoms. The topological polar surface area (TPSA) is 542 Å². The van der Waals surface area contributed by atoms with Gasteiger partial charge in [0.1, 0.15) is 118 Å². The Balaban J connectivity index is 0.000000219. The number of esters is 4. The Kier molecular flexibility index (Phi) is 35.1. The minimum atomic E-state index is -1.90. The minimum Gasteiger partial charge on any atom is -0.507 e. The summed E-state index contributed by atoms with van der Waals surface area (Å²) >= 11 is 0. The number of phenols is 4. The number of Topliss-reactive ketones (excluding diaryl/α,β-unsaturated/α-hetero) is 1. The van der Waals surface area contributed by atoms with Gasteiger partial charge in [0.15, 0.2) is 23.2 Å². The number of aliphatic hydroxyl groups excluding tert-OH is 10. The van der Waals surface area contributed by atoms with Crippen LogP contribution in [0.15, 0.2) is 109 Å². The number of nitrogens with one attached hydrogen (secondary N) is 2. The van der Waals surface area contributed by atoms with Gasteiger partial charge in [0.05, 0.1) is 63.5 Å². The molecule has 6 aliphatic heterocycles. The van der Waals surface area contributed by atoms with Gasteiger partial charge in [-0.05, 0) is 106 Å². The number of morpholine rings is 1. The van der Waals surface area contributed by atoms with Crippen LogP contribution in [0.4, 0.5) is 21.5 Å². The molecule has 648 valence electrons. The van der Waals surface area contributed by atoms with Crippen molar-refractivity contribution >= 4 is 82.1 Å². The van der Waals surface area contributed by atoms with Gasteiger partial charge in [0, 0.05) is 105 Å². The van der Waals surface area contributed by atoms with Crippen LogP contribution in [-0.2, 0) is 47.7 Å². The number of methoxy groups -OCH3 is 1. The van der Waals surface area contributed by atoms with Crippen LogP contribution in [-0.4, -0.2) is 271 Å². The van der Waals surface area contributed by atoms with Crippen molar-refractivity contribution in [1.29, 1.82) is 0 Å². The van der Waals surface area contributed by atoms with Gasteiger partial charge in [-0.2, -0.15) is 0 Å². The molecule has 4 aromatic carbocycles. The van der Waals surface area contributed by atoms with Gasteiger partial charge in [0.2, 0.25) is 11.7 Å². The normalized spacial score (nSPS) is 29.6. The van der Waals surface area contributed by atoms with Gasteiger partial charge >= 0.3 is 23.9 Å². The van der Waals surface area contributed by atoms with Gasteiger partial charge in [-0.3, -0.25) is 24.0 Å². The summed E-state index contributed by atoms with van der Waals surface area (Å²) < 4.78 is 51.6. The predicted octanol–water partition coefficient (Wildman–Crippen LogP) is 3.97. The number of amides is 1. The Morgan fingerprint density at radius 3 is 1.59 bits per heavy atom. The van der Waals surface area contributed by atoms with E-state index in [1.54, 1.807) is 84.8 Å². The third-order valence-electron chi connectivity index (χ3n) is 20.1. The predicted molar refractivity (Wildman–Crippen MR) is 426 cm³/mol. The number of aliphatic hydroxyl groups is 10. The second-order valence-electron chi connectivity index (χ2n) is 29.6. The summed E-state index contributed by atoms with van der Waals surface area (Å²) in [6.45, 7) is 13.1. The number of fused-ring (bicyclic) bond motifs is 6. The summed E-state index contributed by atoms with van der Waals surface area (Å²) in [7, 11) is 4.91. The van der Waals surface area contributed by atoms with Crippen molar-refractivity contribution in [3.63, 3.8) is 0 Å². The lowest BCUT2D eigenvalue weighted by Gasteiger charge is -2.29. The Morgan fingerprint density at radius 2 is 1.03 bits per heavy atom. The third kappa shape index (κ3) is 26.3. The second kappa shape index (κ2) is 43.8. The van der Waals surface area contributed by atoms with Crippen molar-refractivity contribution in [1.82, 2.24) is 5.32 Å². The van der Waals surface area contributed by atoms with Crippen LogP contribution >= 0.6 is 0 Å². The van der Waals surface area contributed by atoms with E-state index in [1.165, 1.54) is 86.9 Å². The SMILES string of the molecule is COc1cc(O)c2c(c1)NC(=O)C[C@H](O)[C@H](O)C(=O)/C=C\C[C@H](C)OC2=O.C[C@@H]1/C=C(/F)C(=O)[C@@H](O)C(O)CC2NC2c2cc(N(C)C)cc(O)c2C(=O)O[C@H]1C.C[C@@H]1/C=C\C(=O)[C@@H](O)[C@@H](O)C/C=C/c2cc(N3CCOCC3)cc(O)c2C(=O)O[C@H]1C.C[C@@H]1OC(=O)c2c(O)cc(OC[C@H](O)CO)cc2/C=C/C[C@H](O)[C@H](O)C(=O)/C=C\[C@@H]1C. The minimum absolute atomic E-state index is 0.00715. The fourth-order valence-electron chi connectivity index (χ4n) is 12.3. The van der Waals surface area contributed by atoms with Gasteiger partial charge in [-0.25, -0.2) is 23.6 Å². The number of hydrogen-bond donors (Lipinski definition) is 16. The van der Waals surface area contributed by atoms with E-state index >= 15 is 0 Å². The fourth-order valence-corrected chi connectivity index (χ4v) is 12.3. The lowest BCUT2D eigenvalue weighted by Crippen LogP contribution is -2.36. The maximum Gasteiger partial charge on any atom is 0.344 e. The molecule has 4 aromatic rings. The average Bonchev–Trinajstić information content (AvgIpc) is 1.63. The van der Waals surface area contributed by atoms with E-state index in [4.69, 9.17) is 38.3 Å². The highest BCUT2D eigenvalue weighted by molar-refractivity contribution is 6.05. The van der Waals surface area contributed by atoms with Crippen molar-refractivity contribution in [3.05, 3.63) is 148 Å². The molecule has 0 aromatic heterocycles. The number of benzene rings is 4. The number of phenolic OH excluding ortho intramolecular Hbond substituents is 4. The Labute approximate surface area is 684 Å². The number of aromatic hydroxyl groups is 4. The quantitative estimate of drug-likeness (QED) is 0.0707. The highest BCUT2D eigenvalue weighted by Gasteiger charge is 2.45. The molecule has 18 atom stereocenters. The number of halogens is 1. The first-order chi connectivity index (χ1) is 56.1. The third-order valence-corrected chi connectivity index (χ3v) is 20.1.